The molecule has 1 fully saturated rings. The lowest BCUT2D eigenvalue weighted by Crippen LogP contribution is -2.43. The van der Waals surface area contributed by atoms with Crippen LogP contribution in [0.15, 0.2) is 24.3 Å². The first-order valence-corrected chi connectivity index (χ1v) is 7.70. The standard InChI is InChI=1S/C17H27FN2/c1-12(2)13-8-9-16(19)14(10-13)11-20(3)17-7-5-4-6-15(17)18/h4-7,12-14,16H,8-11,19H2,1-3H3. The van der Waals surface area contributed by atoms with Crippen LogP contribution in [0.2, 0.25) is 0 Å². The highest BCUT2D eigenvalue weighted by atomic mass is 19.1. The van der Waals surface area contributed by atoms with Gasteiger partial charge in [-0.2, -0.15) is 0 Å². The van der Waals surface area contributed by atoms with Crippen molar-refractivity contribution < 1.29 is 4.39 Å². The summed E-state index contributed by atoms with van der Waals surface area (Å²) >= 11 is 0. The summed E-state index contributed by atoms with van der Waals surface area (Å²) in [5, 5.41) is 0. The molecule has 3 unspecified atom stereocenters. The average Bonchev–Trinajstić information content (AvgIpc) is 2.41. The zero-order valence-electron chi connectivity index (χ0n) is 12.8. The molecule has 20 heavy (non-hydrogen) atoms. The topological polar surface area (TPSA) is 29.3 Å². The molecule has 1 aliphatic carbocycles. The minimum Gasteiger partial charge on any atom is -0.372 e. The molecule has 2 N–H and O–H groups in total. The molecule has 1 aromatic rings. The van der Waals surface area contributed by atoms with Gasteiger partial charge in [-0.3, -0.25) is 0 Å². The molecule has 2 rings (SSSR count). The van der Waals surface area contributed by atoms with Gasteiger partial charge in [-0.05, 0) is 49.1 Å². The van der Waals surface area contributed by atoms with E-state index in [0.717, 1.165) is 25.3 Å². The minimum absolute atomic E-state index is 0.153. The first-order chi connectivity index (χ1) is 9.49. The van der Waals surface area contributed by atoms with E-state index in [0.29, 0.717) is 17.5 Å². The van der Waals surface area contributed by atoms with E-state index in [2.05, 4.69) is 13.8 Å². The van der Waals surface area contributed by atoms with E-state index in [9.17, 15) is 4.39 Å². The lowest BCUT2D eigenvalue weighted by molar-refractivity contribution is 0.193. The van der Waals surface area contributed by atoms with E-state index in [1.54, 1.807) is 6.07 Å². The van der Waals surface area contributed by atoms with Crippen LogP contribution in [0.25, 0.3) is 0 Å². The van der Waals surface area contributed by atoms with Gasteiger partial charge in [-0.1, -0.05) is 26.0 Å². The van der Waals surface area contributed by atoms with Crippen LogP contribution in [0, 0.1) is 23.6 Å². The van der Waals surface area contributed by atoms with Crippen molar-refractivity contribution in [1.29, 1.82) is 0 Å². The number of benzene rings is 1. The first-order valence-electron chi connectivity index (χ1n) is 7.70. The third kappa shape index (κ3) is 3.51. The van der Waals surface area contributed by atoms with Crippen molar-refractivity contribution in [3.8, 4) is 0 Å². The van der Waals surface area contributed by atoms with Crippen LogP contribution in [0.1, 0.15) is 33.1 Å². The average molecular weight is 278 g/mol. The molecule has 0 spiro atoms. The van der Waals surface area contributed by atoms with Crippen molar-refractivity contribution in [3.63, 3.8) is 0 Å². The fraction of sp³-hybridized carbons (Fsp3) is 0.647. The molecule has 3 atom stereocenters. The second-order valence-corrected chi connectivity index (χ2v) is 6.57. The molecule has 0 radical (unpaired) electrons. The number of para-hydroxylation sites is 1. The molecule has 1 aromatic carbocycles. The Kier molecular flexibility index (Phi) is 5.03. The summed E-state index contributed by atoms with van der Waals surface area (Å²) in [6.07, 6.45) is 3.50. The van der Waals surface area contributed by atoms with Crippen molar-refractivity contribution >= 4 is 5.69 Å². The number of hydrogen-bond acceptors (Lipinski definition) is 2. The Labute approximate surface area is 122 Å². The van der Waals surface area contributed by atoms with Crippen molar-refractivity contribution in [1.82, 2.24) is 0 Å². The second kappa shape index (κ2) is 6.57. The third-order valence-corrected chi connectivity index (χ3v) is 4.80. The quantitative estimate of drug-likeness (QED) is 0.910. The Morgan fingerprint density at radius 3 is 2.65 bits per heavy atom. The highest BCUT2D eigenvalue weighted by molar-refractivity contribution is 5.46. The molecule has 0 heterocycles. The van der Waals surface area contributed by atoms with Crippen LogP contribution >= 0.6 is 0 Å². The molecule has 0 amide bonds. The Bertz CT molecular complexity index is 433. The zero-order valence-corrected chi connectivity index (χ0v) is 12.8. The predicted octanol–water partition coefficient (Wildman–Crippen LogP) is 3.66. The molecule has 0 aromatic heterocycles. The second-order valence-electron chi connectivity index (χ2n) is 6.57. The lowest BCUT2D eigenvalue weighted by Gasteiger charge is -2.38. The molecule has 0 bridgehead atoms. The van der Waals surface area contributed by atoms with E-state index in [1.165, 1.54) is 12.5 Å². The zero-order chi connectivity index (χ0) is 14.7. The van der Waals surface area contributed by atoms with Crippen LogP contribution in [-0.4, -0.2) is 19.6 Å². The molecule has 0 aliphatic heterocycles. The minimum atomic E-state index is -0.153. The molecule has 0 saturated heterocycles. The van der Waals surface area contributed by atoms with E-state index < -0.39 is 0 Å². The fourth-order valence-corrected chi connectivity index (χ4v) is 3.35. The van der Waals surface area contributed by atoms with Crippen LogP contribution in [0.4, 0.5) is 10.1 Å². The van der Waals surface area contributed by atoms with Gasteiger partial charge in [-0.15, -0.1) is 0 Å². The Morgan fingerprint density at radius 2 is 2.00 bits per heavy atom. The number of rotatable bonds is 4. The summed E-state index contributed by atoms with van der Waals surface area (Å²) in [7, 11) is 1.96. The number of hydrogen-bond donors (Lipinski definition) is 1. The van der Waals surface area contributed by atoms with Crippen molar-refractivity contribution in [2.45, 2.75) is 39.2 Å². The van der Waals surface area contributed by atoms with Gasteiger partial charge in [0.2, 0.25) is 0 Å². The SMILES string of the molecule is CC(C)C1CCC(N)C(CN(C)c2ccccc2F)C1. The van der Waals surface area contributed by atoms with Gasteiger partial charge in [0.05, 0.1) is 5.69 Å². The number of halogens is 1. The molecule has 1 saturated carbocycles. The Morgan fingerprint density at radius 1 is 1.30 bits per heavy atom. The van der Waals surface area contributed by atoms with Gasteiger partial charge < -0.3 is 10.6 Å². The van der Waals surface area contributed by atoms with Crippen LogP contribution in [0.5, 0.6) is 0 Å². The van der Waals surface area contributed by atoms with Gasteiger partial charge in [0.25, 0.3) is 0 Å². The Hall–Kier alpha value is -1.09. The number of nitrogens with two attached hydrogens (primary N) is 1. The predicted molar refractivity (Wildman–Crippen MR) is 83.3 cm³/mol. The smallest absolute Gasteiger partial charge is 0.146 e. The molecule has 2 nitrogen and oxygen atoms in total. The highest BCUT2D eigenvalue weighted by Gasteiger charge is 2.30. The van der Waals surface area contributed by atoms with Gasteiger partial charge >= 0.3 is 0 Å². The van der Waals surface area contributed by atoms with E-state index >= 15 is 0 Å². The highest BCUT2D eigenvalue weighted by Crippen LogP contribution is 2.34. The van der Waals surface area contributed by atoms with E-state index in [1.807, 2.05) is 24.1 Å². The molecule has 112 valence electrons. The number of nitrogens with zero attached hydrogens (tertiary/aromatic N) is 1. The van der Waals surface area contributed by atoms with Crippen molar-refractivity contribution in [2.75, 3.05) is 18.5 Å². The normalized spacial score (nSPS) is 26.8. The summed E-state index contributed by atoms with van der Waals surface area (Å²) in [5.74, 6) is 1.78. The number of anilines is 1. The van der Waals surface area contributed by atoms with Crippen molar-refractivity contribution in [2.24, 2.45) is 23.5 Å². The summed E-state index contributed by atoms with van der Waals surface area (Å²) in [6, 6.07) is 7.22. The maximum atomic E-state index is 13.8. The van der Waals surface area contributed by atoms with Gasteiger partial charge in [0.15, 0.2) is 0 Å². The van der Waals surface area contributed by atoms with Crippen LogP contribution < -0.4 is 10.6 Å². The first kappa shape index (κ1) is 15.3. The maximum Gasteiger partial charge on any atom is 0.146 e. The van der Waals surface area contributed by atoms with Gasteiger partial charge in [-0.25, -0.2) is 4.39 Å². The van der Waals surface area contributed by atoms with Gasteiger partial charge in [0.1, 0.15) is 5.82 Å². The summed E-state index contributed by atoms with van der Waals surface area (Å²) in [5.41, 5.74) is 6.96. The summed E-state index contributed by atoms with van der Waals surface area (Å²) in [6.45, 7) is 5.42. The third-order valence-electron chi connectivity index (χ3n) is 4.80. The van der Waals surface area contributed by atoms with E-state index in [-0.39, 0.29) is 11.9 Å². The largest absolute Gasteiger partial charge is 0.372 e. The fourth-order valence-electron chi connectivity index (χ4n) is 3.35. The Balaban J connectivity index is 2.02. The molecular weight excluding hydrogens is 251 g/mol. The van der Waals surface area contributed by atoms with Crippen LogP contribution in [0.3, 0.4) is 0 Å². The van der Waals surface area contributed by atoms with Gasteiger partial charge in [0, 0.05) is 19.6 Å². The molecular formula is C17H27FN2. The maximum absolute atomic E-state index is 13.8. The monoisotopic (exact) mass is 278 g/mol. The summed E-state index contributed by atoms with van der Waals surface area (Å²) < 4.78 is 13.8. The van der Waals surface area contributed by atoms with Crippen molar-refractivity contribution in [3.05, 3.63) is 30.1 Å². The van der Waals surface area contributed by atoms with Crippen LogP contribution in [-0.2, 0) is 0 Å². The lowest BCUT2D eigenvalue weighted by atomic mass is 9.74. The molecule has 1 aliphatic rings. The van der Waals surface area contributed by atoms with E-state index in [4.69, 9.17) is 5.73 Å². The summed E-state index contributed by atoms with van der Waals surface area (Å²) in [4.78, 5) is 2.02. The molecule has 3 heteroatoms.